The minimum absolute atomic E-state index is 0.0644. The first-order valence-corrected chi connectivity index (χ1v) is 9.13. The third-order valence-electron chi connectivity index (χ3n) is 4.01. The molecule has 0 aliphatic heterocycles. The van der Waals surface area contributed by atoms with Gasteiger partial charge in [0.2, 0.25) is 0 Å². The van der Waals surface area contributed by atoms with Crippen molar-refractivity contribution in [2.75, 3.05) is 13.2 Å². The van der Waals surface area contributed by atoms with E-state index in [1.807, 2.05) is 60.7 Å². The van der Waals surface area contributed by atoms with Gasteiger partial charge in [0.15, 0.2) is 0 Å². The fourth-order valence-electron chi connectivity index (χ4n) is 2.51. The molecule has 4 N–H and O–H groups in total. The monoisotopic (exact) mass is 382 g/mol. The fourth-order valence-corrected chi connectivity index (χ4v) is 2.51. The molecule has 2 atom stereocenters. The van der Waals surface area contributed by atoms with E-state index in [4.69, 9.17) is 20.9 Å². The van der Waals surface area contributed by atoms with Gasteiger partial charge in [-0.1, -0.05) is 60.7 Å². The molecule has 0 unspecified atom stereocenters. The molecule has 0 amide bonds. The van der Waals surface area contributed by atoms with Crippen molar-refractivity contribution in [3.8, 4) is 0 Å². The summed E-state index contributed by atoms with van der Waals surface area (Å²) >= 11 is 0. The lowest BCUT2D eigenvalue weighted by molar-refractivity contribution is -0.145. The molecule has 0 heterocycles. The maximum Gasteiger partial charge on any atom is 0.323 e. The van der Waals surface area contributed by atoms with Crippen LogP contribution >= 0.6 is 0 Å². The quantitative estimate of drug-likeness (QED) is 0.479. The number of esters is 2. The maximum atomic E-state index is 11.9. The highest BCUT2D eigenvalue weighted by atomic mass is 16.5. The van der Waals surface area contributed by atoms with E-state index < -0.39 is 24.0 Å². The number of hydrogen-bond acceptors (Lipinski definition) is 6. The second-order valence-electron chi connectivity index (χ2n) is 6.32. The van der Waals surface area contributed by atoms with Crippen molar-refractivity contribution in [1.82, 2.24) is 0 Å². The first-order chi connectivity index (χ1) is 13.6. The standard InChI is InChI=1S/C22H26N2O4/c23-19(15-17-9-3-1-4-10-17)21(25)27-13-7-8-14-28-22(26)20(24)16-18-11-5-2-6-12-18/h1-12,19-20H,13-16,23-24H2/t19-,20-/m0/s1. The summed E-state index contributed by atoms with van der Waals surface area (Å²) in [5.41, 5.74) is 13.6. The van der Waals surface area contributed by atoms with E-state index in [0.29, 0.717) is 12.8 Å². The summed E-state index contributed by atoms with van der Waals surface area (Å²) in [5.74, 6) is -0.953. The normalized spacial score (nSPS) is 13.1. The number of nitrogens with two attached hydrogens (primary N) is 2. The number of benzene rings is 2. The minimum atomic E-state index is -0.718. The van der Waals surface area contributed by atoms with Crippen molar-refractivity contribution in [3.05, 3.63) is 83.9 Å². The average Bonchev–Trinajstić information content (AvgIpc) is 2.71. The van der Waals surface area contributed by atoms with Crippen LogP contribution in [-0.2, 0) is 31.9 Å². The van der Waals surface area contributed by atoms with Crippen LogP contribution in [0.25, 0.3) is 0 Å². The number of carbonyl (C=O) groups is 2. The molecular weight excluding hydrogens is 356 g/mol. The Hall–Kier alpha value is -2.96. The van der Waals surface area contributed by atoms with E-state index in [0.717, 1.165) is 11.1 Å². The SMILES string of the molecule is N[C@@H](Cc1ccccc1)C(=O)OCC=CCOC(=O)[C@@H](N)Cc1ccccc1. The van der Waals surface area contributed by atoms with Crippen LogP contribution in [0.1, 0.15) is 11.1 Å². The third-order valence-corrected chi connectivity index (χ3v) is 4.01. The van der Waals surface area contributed by atoms with Gasteiger partial charge >= 0.3 is 11.9 Å². The van der Waals surface area contributed by atoms with Crippen molar-refractivity contribution in [3.63, 3.8) is 0 Å². The second kappa shape index (κ2) is 11.7. The zero-order chi connectivity index (χ0) is 20.2. The van der Waals surface area contributed by atoms with E-state index in [1.165, 1.54) is 0 Å². The lowest BCUT2D eigenvalue weighted by atomic mass is 10.1. The lowest BCUT2D eigenvalue weighted by Gasteiger charge is -2.11. The van der Waals surface area contributed by atoms with Crippen LogP contribution < -0.4 is 11.5 Å². The highest BCUT2D eigenvalue weighted by Gasteiger charge is 2.16. The second-order valence-corrected chi connectivity index (χ2v) is 6.32. The number of rotatable bonds is 10. The van der Waals surface area contributed by atoms with Gasteiger partial charge < -0.3 is 20.9 Å². The van der Waals surface area contributed by atoms with Gasteiger partial charge in [-0.25, -0.2) is 0 Å². The predicted octanol–water partition coefficient (Wildman–Crippen LogP) is 1.77. The van der Waals surface area contributed by atoms with Crippen molar-refractivity contribution in [2.24, 2.45) is 11.5 Å². The maximum absolute atomic E-state index is 11.9. The van der Waals surface area contributed by atoms with Crippen molar-refractivity contribution in [1.29, 1.82) is 0 Å². The molecule has 28 heavy (non-hydrogen) atoms. The molecule has 6 heteroatoms. The zero-order valence-electron chi connectivity index (χ0n) is 15.7. The summed E-state index contributed by atoms with van der Waals surface area (Å²) in [6.07, 6.45) is 4.03. The van der Waals surface area contributed by atoms with Crippen LogP contribution in [0.2, 0.25) is 0 Å². The summed E-state index contributed by atoms with van der Waals surface area (Å²) in [6, 6.07) is 17.6. The van der Waals surface area contributed by atoms with E-state index in [9.17, 15) is 9.59 Å². The Bertz CT molecular complexity index is 697. The minimum Gasteiger partial charge on any atom is -0.460 e. The molecule has 6 nitrogen and oxygen atoms in total. The van der Waals surface area contributed by atoms with E-state index in [-0.39, 0.29) is 13.2 Å². The van der Waals surface area contributed by atoms with Crippen LogP contribution in [0.3, 0.4) is 0 Å². The van der Waals surface area contributed by atoms with Crippen LogP contribution in [0.4, 0.5) is 0 Å². The first-order valence-electron chi connectivity index (χ1n) is 9.13. The van der Waals surface area contributed by atoms with Gasteiger partial charge in [0, 0.05) is 0 Å². The molecule has 0 aliphatic rings. The molecule has 0 fully saturated rings. The molecule has 0 aliphatic carbocycles. The van der Waals surface area contributed by atoms with Crippen molar-refractivity contribution in [2.45, 2.75) is 24.9 Å². The molecule has 0 saturated heterocycles. The summed E-state index contributed by atoms with van der Waals surface area (Å²) in [7, 11) is 0. The van der Waals surface area contributed by atoms with E-state index >= 15 is 0 Å². The summed E-state index contributed by atoms with van der Waals surface area (Å²) in [4.78, 5) is 23.7. The Kier molecular flexibility index (Phi) is 8.91. The number of carbonyl (C=O) groups excluding carboxylic acids is 2. The van der Waals surface area contributed by atoms with Crippen LogP contribution in [-0.4, -0.2) is 37.2 Å². The van der Waals surface area contributed by atoms with Gasteiger partial charge in [-0.05, 0) is 36.1 Å². The number of ether oxygens (including phenoxy) is 2. The third kappa shape index (κ3) is 7.73. The van der Waals surface area contributed by atoms with Crippen LogP contribution in [0, 0.1) is 0 Å². The highest BCUT2D eigenvalue weighted by Crippen LogP contribution is 2.04. The Balaban J connectivity index is 1.61. The molecule has 0 bridgehead atoms. The molecule has 0 aromatic heterocycles. The molecule has 2 aromatic carbocycles. The first kappa shape index (κ1) is 21.3. The Morgan fingerprint density at radius 1 is 0.714 bits per heavy atom. The Morgan fingerprint density at radius 2 is 1.07 bits per heavy atom. The van der Waals surface area contributed by atoms with Gasteiger partial charge in [-0.2, -0.15) is 0 Å². The molecule has 0 radical (unpaired) electrons. The van der Waals surface area contributed by atoms with E-state index in [1.54, 1.807) is 12.2 Å². The van der Waals surface area contributed by atoms with Gasteiger partial charge in [0.25, 0.3) is 0 Å². The molecule has 0 spiro atoms. The van der Waals surface area contributed by atoms with Crippen LogP contribution in [0.5, 0.6) is 0 Å². The van der Waals surface area contributed by atoms with Crippen molar-refractivity contribution < 1.29 is 19.1 Å². The average molecular weight is 382 g/mol. The molecule has 148 valence electrons. The Morgan fingerprint density at radius 3 is 1.43 bits per heavy atom. The van der Waals surface area contributed by atoms with Crippen LogP contribution in [0.15, 0.2) is 72.8 Å². The molecule has 0 saturated carbocycles. The largest absolute Gasteiger partial charge is 0.460 e. The van der Waals surface area contributed by atoms with Gasteiger partial charge in [0.05, 0.1) is 0 Å². The van der Waals surface area contributed by atoms with Gasteiger partial charge in [-0.15, -0.1) is 0 Å². The number of hydrogen-bond donors (Lipinski definition) is 2. The topological polar surface area (TPSA) is 105 Å². The van der Waals surface area contributed by atoms with Crippen molar-refractivity contribution >= 4 is 11.9 Å². The zero-order valence-corrected chi connectivity index (χ0v) is 15.7. The predicted molar refractivity (Wildman–Crippen MR) is 107 cm³/mol. The molecule has 2 aromatic rings. The van der Waals surface area contributed by atoms with Gasteiger partial charge in [0.1, 0.15) is 25.3 Å². The van der Waals surface area contributed by atoms with E-state index in [2.05, 4.69) is 0 Å². The molecule has 2 rings (SSSR count). The highest BCUT2D eigenvalue weighted by molar-refractivity contribution is 5.76. The summed E-state index contributed by atoms with van der Waals surface area (Å²) in [6.45, 7) is 0.129. The summed E-state index contributed by atoms with van der Waals surface area (Å²) in [5, 5.41) is 0. The summed E-state index contributed by atoms with van der Waals surface area (Å²) < 4.78 is 10.2. The fraction of sp³-hybridized carbons (Fsp3) is 0.273. The van der Waals surface area contributed by atoms with Gasteiger partial charge in [-0.3, -0.25) is 9.59 Å². The Labute approximate surface area is 165 Å². The molecular formula is C22H26N2O4. The lowest BCUT2D eigenvalue weighted by Crippen LogP contribution is -2.34. The smallest absolute Gasteiger partial charge is 0.323 e.